The fourth-order valence-corrected chi connectivity index (χ4v) is 4.58. The van der Waals surface area contributed by atoms with Crippen LogP contribution < -0.4 is 13.6 Å². The Balaban J connectivity index is 2.06. The van der Waals surface area contributed by atoms with Crippen molar-refractivity contribution in [2.45, 2.75) is 19.3 Å². The highest BCUT2D eigenvalue weighted by atomic mass is 31.2. The average molecular weight is 494 g/mol. The van der Waals surface area contributed by atoms with E-state index in [0.717, 1.165) is 0 Å². The largest absolute Gasteiger partial charge is 0.647 e. The van der Waals surface area contributed by atoms with Crippen molar-refractivity contribution in [2.24, 2.45) is 0 Å². The molecule has 0 fully saturated rings. The molecule has 182 valence electrons. The van der Waals surface area contributed by atoms with Crippen LogP contribution in [0.5, 0.6) is 34.5 Å². The summed E-state index contributed by atoms with van der Waals surface area (Å²) in [6.45, 7) is 11.0. The molecule has 0 bridgehead atoms. The lowest BCUT2D eigenvalue weighted by Gasteiger charge is -2.22. The topological polar surface area (TPSA) is 105 Å². The number of hydrogen-bond donors (Lipinski definition) is 3. The van der Waals surface area contributed by atoms with Crippen molar-refractivity contribution in [3.63, 3.8) is 0 Å². The maximum atomic E-state index is 13.9. The molecule has 0 saturated heterocycles. The first-order valence-corrected chi connectivity index (χ1v) is 12.2. The summed E-state index contributed by atoms with van der Waals surface area (Å²) in [7, 11) is -4.64. The number of allylic oxidation sites excluding steroid dienone is 3. The number of benzene rings is 3. The van der Waals surface area contributed by atoms with Gasteiger partial charge in [-0.05, 0) is 37.5 Å². The molecule has 0 radical (unpaired) electrons. The first kappa shape index (κ1) is 25.5. The summed E-state index contributed by atoms with van der Waals surface area (Å²) >= 11 is 0. The molecule has 3 aromatic rings. The molecule has 0 spiro atoms. The maximum Gasteiger partial charge on any atom is 0.647 e. The van der Waals surface area contributed by atoms with Gasteiger partial charge in [-0.2, -0.15) is 4.57 Å². The Bertz CT molecular complexity index is 1130. The molecule has 8 heteroatoms. The normalized spacial score (nSPS) is 10.9. The Morgan fingerprint density at radius 1 is 0.600 bits per heavy atom. The summed E-state index contributed by atoms with van der Waals surface area (Å²) < 4.78 is 30.7. The van der Waals surface area contributed by atoms with Crippen molar-refractivity contribution in [2.75, 3.05) is 0 Å². The van der Waals surface area contributed by atoms with E-state index >= 15 is 0 Å². The Hall–Kier alpha value is -4.09. The van der Waals surface area contributed by atoms with Crippen LogP contribution in [-0.2, 0) is 23.8 Å². The van der Waals surface area contributed by atoms with Gasteiger partial charge in [-0.1, -0.05) is 54.6 Å². The molecule has 0 aromatic heterocycles. The van der Waals surface area contributed by atoms with Gasteiger partial charge < -0.3 is 28.9 Å². The summed E-state index contributed by atoms with van der Waals surface area (Å²) in [5.41, 5.74) is 1.45. The second kappa shape index (κ2) is 11.4. The van der Waals surface area contributed by atoms with Crippen molar-refractivity contribution >= 4 is 7.82 Å². The number of phosphoric ester groups is 1. The van der Waals surface area contributed by atoms with E-state index in [1.807, 2.05) is 0 Å². The highest BCUT2D eigenvalue weighted by molar-refractivity contribution is 7.49. The first-order valence-electron chi connectivity index (χ1n) is 10.8. The third-order valence-corrected chi connectivity index (χ3v) is 6.23. The van der Waals surface area contributed by atoms with Crippen molar-refractivity contribution in [1.29, 1.82) is 0 Å². The molecular formula is C27H27O7P. The van der Waals surface area contributed by atoms with Crippen LogP contribution in [0.1, 0.15) is 16.7 Å². The Labute approximate surface area is 204 Å². The van der Waals surface area contributed by atoms with Crippen molar-refractivity contribution in [3.8, 4) is 34.5 Å². The second-order valence-electron chi connectivity index (χ2n) is 7.49. The van der Waals surface area contributed by atoms with Crippen molar-refractivity contribution in [1.82, 2.24) is 0 Å². The van der Waals surface area contributed by atoms with E-state index in [1.54, 1.807) is 54.6 Å². The van der Waals surface area contributed by atoms with Gasteiger partial charge in [0.15, 0.2) is 34.5 Å². The Morgan fingerprint density at radius 3 is 1.14 bits per heavy atom. The smallest absolute Gasteiger partial charge is 0.504 e. The fourth-order valence-electron chi connectivity index (χ4n) is 3.30. The van der Waals surface area contributed by atoms with Crippen LogP contribution in [0, 0.1) is 0 Å². The van der Waals surface area contributed by atoms with Gasteiger partial charge in [0.05, 0.1) is 0 Å². The summed E-state index contributed by atoms with van der Waals surface area (Å²) in [5, 5.41) is 31.9. The molecular weight excluding hydrogens is 467 g/mol. The van der Waals surface area contributed by atoms with Crippen LogP contribution in [0.3, 0.4) is 0 Å². The van der Waals surface area contributed by atoms with Gasteiger partial charge in [-0.25, -0.2) is 0 Å². The summed E-state index contributed by atoms with van der Waals surface area (Å²) in [5.74, 6) is -1.32. The van der Waals surface area contributed by atoms with Crippen LogP contribution >= 0.6 is 7.82 Å². The zero-order chi connectivity index (χ0) is 25.4. The van der Waals surface area contributed by atoms with Crippen LogP contribution in [0.15, 0.2) is 92.6 Å². The van der Waals surface area contributed by atoms with Crippen LogP contribution in [-0.4, -0.2) is 15.3 Å². The van der Waals surface area contributed by atoms with Crippen LogP contribution in [0.2, 0.25) is 0 Å². The molecule has 7 nitrogen and oxygen atoms in total. The minimum absolute atomic E-state index is 0.170. The lowest BCUT2D eigenvalue weighted by atomic mass is 10.1. The van der Waals surface area contributed by atoms with Gasteiger partial charge in [-0.3, -0.25) is 0 Å². The predicted molar refractivity (Wildman–Crippen MR) is 136 cm³/mol. The van der Waals surface area contributed by atoms with Gasteiger partial charge >= 0.3 is 7.82 Å². The molecule has 0 aliphatic rings. The molecule has 0 unspecified atom stereocenters. The minimum Gasteiger partial charge on any atom is -0.504 e. The van der Waals surface area contributed by atoms with Crippen LogP contribution in [0.4, 0.5) is 0 Å². The number of hydrogen-bond acceptors (Lipinski definition) is 7. The van der Waals surface area contributed by atoms with E-state index in [0.29, 0.717) is 36.0 Å². The number of phenolic OH excluding ortho intramolecular Hbond substituents is 3. The third-order valence-electron chi connectivity index (χ3n) is 4.97. The molecule has 3 aromatic carbocycles. The standard InChI is InChI=1S/C27H27O7P/c1-4-10-19-13-7-16-22(25(19)28)32-35(31,33-23-17-8-14-20(11-5-2)26(23)29)34-24-18-9-15-21(12-6-3)27(24)30/h4-9,13-18,28-30H,1-3,10-12H2. The summed E-state index contributed by atoms with van der Waals surface area (Å²) in [6.07, 6.45) is 5.80. The molecule has 0 amide bonds. The zero-order valence-electron chi connectivity index (χ0n) is 19.1. The first-order chi connectivity index (χ1) is 16.8. The highest BCUT2D eigenvalue weighted by Crippen LogP contribution is 2.55. The molecule has 0 aliphatic carbocycles. The van der Waals surface area contributed by atoms with E-state index in [1.165, 1.54) is 18.2 Å². The second-order valence-corrected chi connectivity index (χ2v) is 8.93. The van der Waals surface area contributed by atoms with E-state index in [2.05, 4.69) is 19.7 Å². The van der Waals surface area contributed by atoms with E-state index in [-0.39, 0.29) is 34.5 Å². The molecule has 3 N–H and O–H groups in total. The van der Waals surface area contributed by atoms with Gasteiger partial charge in [0, 0.05) is 16.7 Å². The Morgan fingerprint density at radius 2 is 0.886 bits per heavy atom. The third kappa shape index (κ3) is 6.08. The van der Waals surface area contributed by atoms with Crippen LogP contribution in [0.25, 0.3) is 0 Å². The number of phenols is 3. The quantitative estimate of drug-likeness (QED) is 0.192. The highest BCUT2D eigenvalue weighted by Gasteiger charge is 2.36. The van der Waals surface area contributed by atoms with Gasteiger partial charge in [0.25, 0.3) is 0 Å². The summed E-state index contributed by atoms with van der Waals surface area (Å²) in [4.78, 5) is 0. The lowest BCUT2D eigenvalue weighted by molar-refractivity contribution is 0.281. The molecule has 0 aliphatic heterocycles. The Kier molecular flexibility index (Phi) is 8.29. The predicted octanol–water partition coefficient (Wildman–Crippen LogP) is 6.63. The minimum atomic E-state index is -4.64. The number of rotatable bonds is 12. The van der Waals surface area contributed by atoms with Gasteiger partial charge in [0.1, 0.15) is 0 Å². The molecule has 35 heavy (non-hydrogen) atoms. The lowest BCUT2D eigenvalue weighted by Crippen LogP contribution is -2.09. The monoisotopic (exact) mass is 494 g/mol. The molecule has 0 heterocycles. The van der Waals surface area contributed by atoms with E-state index in [4.69, 9.17) is 13.6 Å². The maximum absolute atomic E-state index is 13.9. The zero-order valence-corrected chi connectivity index (χ0v) is 20.0. The van der Waals surface area contributed by atoms with Gasteiger partial charge in [-0.15, -0.1) is 19.7 Å². The van der Waals surface area contributed by atoms with Crippen molar-refractivity contribution < 1.29 is 33.5 Å². The number of aromatic hydroxyl groups is 3. The van der Waals surface area contributed by atoms with Crippen molar-refractivity contribution in [3.05, 3.63) is 109 Å². The van der Waals surface area contributed by atoms with E-state index in [9.17, 15) is 19.9 Å². The number of phosphoric acid groups is 1. The number of para-hydroxylation sites is 3. The molecule has 0 saturated carbocycles. The molecule has 0 atom stereocenters. The fraction of sp³-hybridized carbons (Fsp3) is 0.111. The summed E-state index contributed by atoms with van der Waals surface area (Å²) in [6, 6.07) is 14.0. The van der Waals surface area contributed by atoms with E-state index < -0.39 is 7.82 Å². The SMILES string of the molecule is C=CCc1cccc(OP(=O)(Oc2cccc(CC=C)c2O)Oc2cccc(CC=C)c2O)c1O. The van der Waals surface area contributed by atoms with Gasteiger partial charge in [0.2, 0.25) is 0 Å². The molecule has 3 rings (SSSR count). The average Bonchev–Trinajstić information content (AvgIpc) is 2.82.